The van der Waals surface area contributed by atoms with Crippen molar-refractivity contribution in [3.63, 3.8) is 0 Å². The van der Waals surface area contributed by atoms with Crippen LogP contribution >= 0.6 is 0 Å². The lowest BCUT2D eigenvalue weighted by atomic mass is 9.84. The summed E-state index contributed by atoms with van der Waals surface area (Å²) in [7, 11) is 3.28. The van der Waals surface area contributed by atoms with Gasteiger partial charge in [0.25, 0.3) is 5.91 Å². The Bertz CT molecular complexity index is 2510. The number of hydrogen-bond acceptors (Lipinski definition) is 11. The Morgan fingerprint density at radius 3 is 2.56 bits per heavy atom. The van der Waals surface area contributed by atoms with Crippen molar-refractivity contribution in [2.45, 2.75) is 117 Å². The molecule has 15 nitrogen and oxygen atoms in total. The van der Waals surface area contributed by atoms with E-state index in [0.29, 0.717) is 63.8 Å². The Labute approximate surface area is 386 Å². The number of ether oxygens (including phenoxy) is 3. The van der Waals surface area contributed by atoms with E-state index in [4.69, 9.17) is 14.2 Å². The maximum atomic E-state index is 14.7. The predicted octanol–water partition coefficient (Wildman–Crippen LogP) is 5.76. The first kappa shape index (κ1) is 46.9. The molecule has 3 amide bonds. The Balaban J connectivity index is 1.17. The molecule has 5 heterocycles. The number of carbonyl (C=O) groups is 5. The van der Waals surface area contributed by atoms with Crippen molar-refractivity contribution >= 4 is 40.4 Å². The maximum Gasteiger partial charge on any atom is 0.324 e. The number of rotatable bonds is 11. The number of likely N-dealkylation sites (N-methyl/N-ethyl adjacent to an activating group) is 1. The number of cyclic esters (lactones) is 1. The molecule has 352 valence electrons. The van der Waals surface area contributed by atoms with Gasteiger partial charge in [-0.1, -0.05) is 39.8 Å². The van der Waals surface area contributed by atoms with E-state index in [-0.39, 0.29) is 55.0 Å². The summed E-state index contributed by atoms with van der Waals surface area (Å²) < 4.78 is 19.2. The lowest BCUT2D eigenvalue weighted by Crippen LogP contribution is -2.62. The van der Waals surface area contributed by atoms with Gasteiger partial charge in [-0.3, -0.25) is 34.0 Å². The van der Waals surface area contributed by atoms with Gasteiger partial charge in [-0.2, -0.15) is 0 Å². The minimum absolute atomic E-state index is 0.00127. The predicted molar refractivity (Wildman–Crippen MR) is 248 cm³/mol. The normalized spacial score (nSPS) is 23.6. The molecule has 8 rings (SSSR count). The zero-order valence-electron chi connectivity index (χ0n) is 39.2. The van der Waals surface area contributed by atoms with Crippen LogP contribution in [-0.2, 0) is 64.2 Å². The van der Waals surface area contributed by atoms with Crippen LogP contribution in [0.1, 0.15) is 83.4 Å². The third-order valence-corrected chi connectivity index (χ3v) is 13.8. The number of fused-ring (bicyclic) bond motifs is 6. The van der Waals surface area contributed by atoms with Crippen LogP contribution in [0, 0.1) is 23.2 Å². The van der Waals surface area contributed by atoms with Crippen molar-refractivity contribution in [3.8, 4) is 28.1 Å². The lowest BCUT2D eigenvalue weighted by molar-refractivity contribution is -0.155. The van der Waals surface area contributed by atoms with Crippen LogP contribution < -0.4 is 10.7 Å². The van der Waals surface area contributed by atoms with Crippen LogP contribution in [0.3, 0.4) is 0 Å². The third-order valence-electron chi connectivity index (χ3n) is 13.8. The molecular weight excluding hydrogens is 841 g/mol. The van der Waals surface area contributed by atoms with Crippen molar-refractivity contribution < 1.29 is 43.3 Å². The molecule has 0 radical (unpaired) electrons. The van der Waals surface area contributed by atoms with Gasteiger partial charge in [0.15, 0.2) is 5.78 Å². The van der Waals surface area contributed by atoms with Gasteiger partial charge >= 0.3 is 5.97 Å². The first-order chi connectivity index (χ1) is 31.6. The molecule has 4 aliphatic rings. The van der Waals surface area contributed by atoms with Crippen molar-refractivity contribution in [2.24, 2.45) is 23.2 Å². The van der Waals surface area contributed by atoms with Crippen LogP contribution in [0.5, 0.6) is 5.75 Å². The van der Waals surface area contributed by atoms with Crippen LogP contribution in [0.2, 0.25) is 0 Å². The molecule has 1 unspecified atom stereocenters. The van der Waals surface area contributed by atoms with Crippen molar-refractivity contribution in [1.29, 1.82) is 0 Å². The number of Topliss-reactive ketones (excluding diaryl/α,β-unsaturated/α-hetero) is 1. The number of nitrogens with zero attached hydrogens (tertiary/aromatic N) is 4. The summed E-state index contributed by atoms with van der Waals surface area (Å²) in [5.41, 5.74) is 9.77. The molecule has 2 aromatic carbocycles. The number of pyridine rings is 1. The minimum Gasteiger partial charge on any atom is -0.508 e. The third kappa shape index (κ3) is 9.75. The molecule has 0 spiro atoms. The number of aromatic nitrogens is 2. The van der Waals surface area contributed by atoms with Gasteiger partial charge in [-0.15, -0.1) is 0 Å². The van der Waals surface area contributed by atoms with Crippen LogP contribution in [0.25, 0.3) is 33.3 Å². The Morgan fingerprint density at radius 2 is 1.83 bits per heavy atom. The summed E-state index contributed by atoms with van der Waals surface area (Å²) in [5.74, 6) is -2.62. The smallest absolute Gasteiger partial charge is 0.324 e. The van der Waals surface area contributed by atoms with E-state index in [1.54, 1.807) is 32.5 Å². The fraction of sp³-hybridized carbons (Fsp3) is 0.529. The highest BCUT2D eigenvalue weighted by molar-refractivity contribution is 5.96. The molecule has 1 saturated carbocycles. The molecule has 3 N–H and O–H groups in total. The van der Waals surface area contributed by atoms with Crippen molar-refractivity contribution in [1.82, 2.24) is 30.2 Å². The van der Waals surface area contributed by atoms with Gasteiger partial charge in [-0.05, 0) is 110 Å². The number of phenols is 1. The molecule has 4 aromatic rings. The summed E-state index contributed by atoms with van der Waals surface area (Å²) in [6.07, 6.45) is 6.33. The van der Waals surface area contributed by atoms with Crippen LogP contribution in [-0.4, -0.2) is 112 Å². The molecule has 66 heavy (non-hydrogen) atoms. The number of ketones is 1. The molecule has 3 aliphatic heterocycles. The van der Waals surface area contributed by atoms with E-state index < -0.39 is 47.2 Å². The number of phenolic OH excluding ortho intramolecular Hbond substituents is 1. The second-order valence-corrected chi connectivity index (χ2v) is 19.8. The summed E-state index contributed by atoms with van der Waals surface area (Å²) >= 11 is 0. The van der Waals surface area contributed by atoms with Gasteiger partial charge in [-0.25, -0.2) is 5.43 Å². The number of hydrazine groups is 1. The summed E-state index contributed by atoms with van der Waals surface area (Å²) in [6, 6.07) is 10.5. The van der Waals surface area contributed by atoms with Crippen molar-refractivity contribution in [3.05, 3.63) is 71.5 Å². The second-order valence-electron chi connectivity index (χ2n) is 19.8. The quantitative estimate of drug-likeness (QED) is 0.123. The number of aryl methyl sites for hydroxylation is 1. The summed E-state index contributed by atoms with van der Waals surface area (Å²) in [4.78, 5) is 76.0. The maximum absolute atomic E-state index is 14.7. The first-order valence-electron chi connectivity index (χ1n) is 23.4. The van der Waals surface area contributed by atoms with E-state index in [1.165, 1.54) is 9.91 Å². The number of benzene rings is 2. The standard InChI is InChI=1S/C51H64N6O9/c1-8-56-42-14-13-31-23-37(42)38(45(56)39-25-52-16-15-34(39)26-64-7)24-51(4,5)28-66-50(63)40-10-9-17-57(54-40)49(62)41(20-30-18-35(31)22-36(58)19-30)53-47(60)44(29(2)3)55(6)48(61)33-12-11-32(21-33)46(59)43-27-65-43/h13-16,18-19,22-23,25,29,32-33,40-41,43-44,54,58H,8-12,17,20-21,24,26-28H2,1-7H3,(H,53,60)/t32?,33-,40-,41-,43-,44-/m0/s1. The van der Waals surface area contributed by atoms with Gasteiger partial charge in [0.05, 0.1) is 25.5 Å². The second kappa shape index (κ2) is 19.3. The first-order valence-corrected chi connectivity index (χ1v) is 23.4. The van der Waals surface area contributed by atoms with E-state index in [9.17, 15) is 29.1 Å². The number of amides is 3. The zero-order chi connectivity index (χ0) is 47.0. The number of aromatic hydroxyl groups is 1. The van der Waals surface area contributed by atoms with Gasteiger partial charge in [0.2, 0.25) is 11.8 Å². The zero-order valence-corrected chi connectivity index (χ0v) is 39.2. The fourth-order valence-corrected chi connectivity index (χ4v) is 10.5. The van der Waals surface area contributed by atoms with Gasteiger partial charge in [0.1, 0.15) is 30.0 Å². The largest absolute Gasteiger partial charge is 0.508 e. The molecule has 3 fully saturated rings. The Hall–Kier alpha value is -5.64. The van der Waals surface area contributed by atoms with E-state index in [2.05, 4.69) is 53.2 Å². The van der Waals surface area contributed by atoms with Crippen LogP contribution in [0.4, 0.5) is 0 Å². The SMILES string of the molecule is CCn1c(-c2cnccc2COC)c2c3cc(ccc31)-c1cc(O)cc(c1)C[C@H](NC(=O)[C@H](C(C)C)N(C)C(=O)[C@H]1CCC(C(=O)[C@@H]3CO3)C1)C(=O)N1CCC[C@H](N1)C(=O)OCC(C)(C)C2. The van der Waals surface area contributed by atoms with Crippen molar-refractivity contribution in [2.75, 3.05) is 33.9 Å². The monoisotopic (exact) mass is 904 g/mol. The topological polar surface area (TPSA) is 185 Å². The number of esters is 1. The average Bonchev–Trinajstić information content (AvgIpc) is 3.95. The van der Waals surface area contributed by atoms with Crippen LogP contribution in [0.15, 0.2) is 54.9 Å². The lowest BCUT2D eigenvalue weighted by Gasteiger charge is -2.37. The molecule has 2 saturated heterocycles. The molecule has 15 heteroatoms. The number of epoxide rings is 1. The number of hydrogen-bond donors (Lipinski definition) is 3. The van der Waals surface area contributed by atoms with Gasteiger partial charge in [0, 0.05) is 79.8 Å². The Kier molecular flexibility index (Phi) is 13.7. The fourth-order valence-electron chi connectivity index (χ4n) is 10.5. The highest BCUT2D eigenvalue weighted by atomic mass is 16.6. The molecule has 1 aliphatic carbocycles. The molecular formula is C51H64N6O9. The number of methoxy groups -OCH3 is 1. The van der Waals surface area contributed by atoms with E-state index in [1.807, 2.05) is 38.2 Å². The summed E-state index contributed by atoms with van der Waals surface area (Å²) in [5, 5.41) is 16.7. The minimum atomic E-state index is -1.15. The van der Waals surface area contributed by atoms with E-state index >= 15 is 0 Å². The number of nitrogens with one attached hydrogen (secondary N) is 2. The highest BCUT2D eigenvalue weighted by Crippen LogP contribution is 2.42. The Morgan fingerprint density at radius 1 is 1.06 bits per heavy atom. The molecule has 2 aromatic heterocycles. The molecule has 6 bridgehead atoms. The van der Waals surface area contributed by atoms with Gasteiger partial charge < -0.3 is 34.1 Å². The molecule has 6 atom stereocenters. The average molecular weight is 905 g/mol. The van der Waals surface area contributed by atoms with E-state index in [0.717, 1.165) is 44.4 Å². The number of carbonyl (C=O) groups excluding carboxylic acids is 5. The highest BCUT2D eigenvalue weighted by Gasteiger charge is 2.44. The summed E-state index contributed by atoms with van der Waals surface area (Å²) in [6.45, 7) is 11.8.